The van der Waals surface area contributed by atoms with Gasteiger partial charge in [-0.1, -0.05) is 30.7 Å². The Morgan fingerprint density at radius 1 is 1.21 bits per heavy atom. The van der Waals surface area contributed by atoms with E-state index in [0.29, 0.717) is 18.9 Å². The minimum Gasteiger partial charge on any atom is -0.356 e. The number of hydrogen-bond donors (Lipinski definition) is 2. The average Bonchev–Trinajstić information content (AvgIpc) is 2.93. The Morgan fingerprint density at radius 3 is 2.75 bits per heavy atom. The van der Waals surface area contributed by atoms with Crippen LogP contribution in [-0.2, 0) is 11.2 Å². The quantitative estimate of drug-likeness (QED) is 0.849. The van der Waals surface area contributed by atoms with Crippen LogP contribution in [-0.4, -0.2) is 23.5 Å². The number of halogens is 2. The molecule has 0 unspecified atom stereocenters. The summed E-state index contributed by atoms with van der Waals surface area (Å²) in [7, 11) is 0. The average molecular weight is 370 g/mol. The zero-order valence-corrected chi connectivity index (χ0v) is 15.2. The Hall–Kier alpha value is -1.36. The summed E-state index contributed by atoms with van der Waals surface area (Å²) in [4.78, 5) is 16.5. The molecule has 24 heavy (non-hydrogen) atoms. The van der Waals surface area contributed by atoms with E-state index in [0.717, 1.165) is 36.6 Å². The van der Waals surface area contributed by atoms with Crippen LogP contribution in [0.15, 0.2) is 36.5 Å². The van der Waals surface area contributed by atoms with E-state index >= 15 is 0 Å². The molecule has 4 nitrogen and oxygen atoms in total. The van der Waals surface area contributed by atoms with Crippen LogP contribution < -0.4 is 11.1 Å². The van der Waals surface area contributed by atoms with Crippen LogP contribution in [0, 0.1) is 5.92 Å². The SMILES string of the molecule is Cl.Cl.N[C@@H]1CCC[C@H]1CC(=O)NCCc1cccc2cccnc12. The second-order valence-electron chi connectivity index (χ2n) is 6.15. The van der Waals surface area contributed by atoms with Crippen molar-refractivity contribution in [1.82, 2.24) is 10.3 Å². The molecule has 3 N–H and O–H groups in total. The van der Waals surface area contributed by atoms with Crippen molar-refractivity contribution in [2.75, 3.05) is 6.54 Å². The first-order chi connectivity index (χ1) is 10.7. The Kier molecular flexibility index (Phi) is 8.46. The van der Waals surface area contributed by atoms with E-state index < -0.39 is 0 Å². The molecule has 1 heterocycles. The highest BCUT2D eigenvalue weighted by Crippen LogP contribution is 2.26. The molecule has 1 amide bonds. The van der Waals surface area contributed by atoms with E-state index in [9.17, 15) is 4.79 Å². The lowest BCUT2D eigenvalue weighted by molar-refractivity contribution is -0.122. The topological polar surface area (TPSA) is 68.0 Å². The van der Waals surface area contributed by atoms with Gasteiger partial charge in [0.05, 0.1) is 5.52 Å². The number of carbonyl (C=O) groups is 1. The fraction of sp³-hybridized carbons (Fsp3) is 0.444. The molecule has 0 bridgehead atoms. The first kappa shape index (κ1) is 20.7. The minimum atomic E-state index is 0. The lowest BCUT2D eigenvalue weighted by Crippen LogP contribution is -2.32. The highest BCUT2D eigenvalue weighted by Gasteiger charge is 2.25. The van der Waals surface area contributed by atoms with Gasteiger partial charge in [-0.15, -0.1) is 24.8 Å². The fourth-order valence-corrected chi connectivity index (χ4v) is 3.33. The third-order valence-corrected chi connectivity index (χ3v) is 4.60. The molecule has 3 rings (SSSR count). The number of aromatic nitrogens is 1. The number of rotatable bonds is 5. The van der Waals surface area contributed by atoms with Crippen LogP contribution in [0.4, 0.5) is 0 Å². The number of amides is 1. The number of fused-ring (bicyclic) bond motifs is 1. The zero-order valence-electron chi connectivity index (χ0n) is 13.6. The fourth-order valence-electron chi connectivity index (χ4n) is 3.33. The number of para-hydroxylation sites is 1. The molecule has 0 saturated heterocycles. The van der Waals surface area contributed by atoms with Crippen molar-refractivity contribution < 1.29 is 4.79 Å². The summed E-state index contributed by atoms with van der Waals surface area (Å²) in [6.45, 7) is 0.649. The zero-order chi connectivity index (χ0) is 15.4. The molecule has 1 aromatic heterocycles. The molecule has 2 aromatic rings. The second-order valence-corrected chi connectivity index (χ2v) is 6.15. The van der Waals surface area contributed by atoms with Gasteiger partial charge in [-0.25, -0.2) is 0 Å². The van der Waals surface area contributed by atoms with E-state index in [-0.39, 0.29) is 36.8 Å². The highest BCUT2D eigenvalue weighted by molar-refractivity contribution is 5.85. The van der Waals surface area contributed by atoms with E-state index in [1.165, 1.54) is 5.56 Å². The summed E-state index contributed by atoms with van der Waals surface area (Å²) in [5, 5.41) is 4.16. The van der Waals surface area contributed by atoms with Gasteiger partial charge >= 0.3 is 0 Å². The summed E-state index contributed by atoms with van der Waals surface area (Å²) >= 11 is 0. The lowest BCUT2D eigenvalue weighted by Gasteiger charge is -2.14. The van der Waals surface area contributed by atoms with Crippen molar-refractivity contribution in [2.45, 2.75) is 38.1 Å². The van der Waals surface area contributed by atoms with E-state index in [4.69, 9.17) is 5.73 Å². The summed E-state index contributed by atoms with van der Waals surface area (Å²) in [6.07, 6.45) is 6.47. The number of nitrogens with one attached hydrogen (secondary N) is 1. The Morgan fingerprint density at radius 2 is 2.00 bits per heavy atom. The Bertz CT molecular complexity index is 660. The van der Waals surface area contributed by atoms with Crippen LogP contribution in [0.5, 0.6) is 0 Å². The van der Waals surface area contributed by atoms with Gasteiger partial charge < -0.3 is 11.1 Å². The summed E-state index contributed by atoms with van der Waals surface area (Å²) in [5.41, 5.74) is 8.22. The van der Waals surface area contributed by atoms with Gasteiger partial charge in [0.15, 0.2) is 0 Å². The van der Waals surface area contributed by atoms with Gasteiger partial charge in [-0.05, 0) is 36.8 Å². The molecule has 2 atom stereocenters. The third-order valence-electron chi connectivity index (χ3n) is 4.60. The maximum absolute atomic E-state index is 12.0. The monoisotopic (exact) mass is 369 g/mol. The molecule has 0 radical (unpaired) electrons. The highest BCUT2D eigenvalue weighted by atomic mass is 35.5. The first-order valence-electron chi connectivity index (χ1n) is 8.09. The van der Waals surface area contributed by atoms with Gasteiger partial charge in [0.2, 0.25) is 5.91 Å². The smallest absolute Gasteiger partial charge is 0.220 e. The number of nitrogens with two attached hydrogens (primary N) is 1. The maximum Gasteiger partial charge on any atom is 0.220 e. The van der Waals surface area contributed by atoms with Crippen molar-refractivity contribution in [1.29, 1.82) is 0 Å². The van der Waals surface area contributed by atoms with Gasteiger partial charge in [0.1, 0.15) is 0 Å². The largest absolute Gasteiger partial charge is 0.356 e. The number of nitrogens with zero attached hydrogens (tertiary/aromatic N) is 1. The van der Waals surface area contributed by atoms with Gasteiger partial charge in [0, 0.05) is 30.6 Å². The predicted octanol–water partition coefficient (Wildman–Crippen LogP) is 3.25. The second kappa shape index (κ2) is 9.82. The van der Waals surface area contributed by atoms with E-state index in [1.807, 2.05) is 18.3 Å². The predicted molar refractivity (Wildman–Crippen MR) is 103 cm³/mol. The minimum absolute atomic E-state index is 0. The number of carbonyl (C=O) groups excluding carboxylic acids is 1. The maximum atomic E-state index is 12.0. The molecule has 132 valence electrons. The molecular weight excluding hydrogens is 345 g/mol. The van der Waals surface area contributed by atoms with Gasteiger partial charge in [0.25, 0.3) is 0 Å². The molecule has 0 aliphatic heterocycles. The van der Waals surface area contributed by atoms with Crippen LogP contribution in [0.25, 0.3) is 10.9 Å². The van der Waals surface area contributed by atoms with Crippen molar-refractivity contribution in [3.05, 3.63) is 42.1 Å². The molecule has 1 fully saturated rings. The summed E-state index contributed by atoms with van der Waals surface area (Å²) in [6, 6.07) is 10.4. The first-order valence-corrected chi connectivity index (χ1v) is 8.09. The van der Waals surface area contributed by atoms with Crippen molar-refractivity contribution >= 4 is 41.6 Å². The Balaban J connectivity index is 0.00000144. The normalized spacial score (nSPS) is 19.4. The molecule has 1 aromatic carbocycles. The van der Waals surface area contributed by atoms with Crippen molar-refractivity contribution in [3.63, 3.8) is 0 Å². The molecular formula is C18H25Cl2N3O. The molecule has 6 heteroatoms. The third kappa shape index (κ3) is 5.07. The van der Waals surface area contributed by atoms with Crippen LogP contribution in [0.2, 0.25) is 0 Å². The van der Waals surface area contributed by atoms with Crippen molar-refractivity contribution in [2.24, 2.45) is 11.7 Å². The van der Waals surface area contributed by atoms with Crippen LogP contribution in [0.1, 0.15) is 31.2 Å². The molecule has 0 spiro atoms. The van der Waals surface area contributed by atoms with Crippen LogP contribution >= 0.6 is 24.8 Å². The summed E-state index contributed by atoms with van der Waals surface area (Å²) in [5.74, 6) is 0.481. The number of pyridine rings is 1. The standard InChI is InChI=1S/C18H23N3O.2ClH/c19-16-8-2-6-15(16)12-17(22)20-11-9-14-5-1-4-13-7-3-10-21-18(13)14;;/h1,3-5,7,10,15-16H,2,6,8-9,11-12,19H2,(H,20,22);2*1H/t15-,16+;;/m0../s1. The molecule has 1 saturated carbocycles. The number of benzene rings is 1. The lowest BCUT2D eigenvalue weighted by atomic mass is 10.00. The summed E-state index contributed by atoms with van der Waals surface area (Å²) < 4.78 is 0. The van der Waals surface area contributed by atoms with E-state index in [2.05, 4.69) is 28.5 Å². The molecule has 1 aliphatic rings. The van der Waals surface area contributed by atoms with Gasteiger partial charge in [-0.3, -0.25) is 9.78 Å². The number of hydrogen-bond acceptors (Lipinski definition) is 3. The van der Waals surface area contributed by atoms with Gasteiger partial charge in [-0.2, -0.15) is 0 Å². The van der Waals surface area contributed by atoms with E-state index in [1.54, 1.807) is 0 Å². The Labute approximate surface area is 155 Å². The van der Waals surface area contributed by atoms with Crippen molar-refractivity contribution in [3.8, 4) is 0 Å². The van der Waals surface area contributed by atoms with Crippen LogP contribution in [0.3, 0.4) is 0 Å². The molecule has 1 aliphatic carbocycles.